The maximum atomic E-state index is 12.8. The largest absolute Gasteiger partial charge is 0.306 e. The quantitative estimate of drug-likeness (QED) is 0.596. The molecule has 2 amide bonds. The lowest BCUT2D eigenvalue weighted by Gasteiger charge is -2.14. The number of carbonyl (C=O) groups is 2. The number of carbonyl (C=O) groups excluding carboxylic acids is 2. The molecule has 30 heavy (non-hydrogen) atoms. The minimum absolute atomic E-state index is 0.132. The van der Waals surface area contributed by atoms with Crippen LogP contribution in [0.3, 0.4) is 0 Å². The van der Waals surface area contributed by atoms with Crippen LogP contribution in [0.4, 0.5) is 11.6 Å². The average Bonchev–Trinajstić information content (AvgIpc) is 3.34. The van der Waals surface area contributed by atoms with Gasteiger partial charge < -0.3 is 10.6 Å². The number of rotatable bonds is 6. The normalized spacial score (nSPS) is 12.1. The van der Waals surface area contributed by atoms with Crippen molar-refractivity contribution in [1.82, 2.24) is 29.3 Å². The highest BCUT2D eigenvalue weighted by molar-refractivity contribution is 6.34. The first-order valence-electron chi connectivity index (χ1n) is 9.19. The molecule has 10 nitrogen and oxygen atoms in total. The third kappa shape index (κ3) is 4.05. The molecular weight excluding hydrogens is 431 g/mol. The Morgan fingerprint density at radius 3 is 2.00 bits per heavy atom. The molecule has 0 aliphatic carbocycles. The van der Waals surface area contributed by atoms with E-state index < -0.39 is 11.9 Å². The Labute approximate surface area is 183 Å². The predicted molar refractivity (Wildman–Crippen MR) is 114 cm³/mol. The first kappa shape index (κ1) is 21.8. The fourth-order valence-electron chi connectivity index (χ4n) is 2.82. The summed E-state index contributed by atoms with van der Waals surface area (Å²) in [4.78, 5) is 25.3. The number of anilines is 2. The zero-order chi connectivity index (χ0) is 22.2. The molecule has 0 aliphatic rings. The molecular formula is C18H22Cl2N8O2. The fraction of sp³-hybridized carbons (Fsp3) is 0.389. The minimum atomic E-state index is -0.648. The molecule has 0 saturated heterocycles. The summed E-state index contributed by atoms with van der Waals surface area (Å²) in [5, 5.41) is 18.7. The average molecular weight is 453 g/mol. The first-order chi connectivity index (χ1) is 14.1. The maximum Gasteiger partial charge on any atom is 0.277 e. The maximum absolute atomic E-state index is 12.8. The van der Waals surface area contributed by atoms with Gasteiger partial charge in [-0.25, -0.2) is 0 Å². The summed E-state index contributed by atoms with van der Waals surface area (Å²) >= 11 is 12.4. The van der Waals surface area contributed by atoms with E-state index in [1.807, 2.05) is 6.92 Å². The van der Waals surface area contributed by atoms with Crippen molar-refractivity contribution in [3.05, 3.63) is 39.4 Å². The molecule has 3 rings (SSSR count). The van der Waals surface area contributed by atoms with E-state index in [2.05, 4.69) is 25.9 Å². The summed E-state index contributed by atoms with van der Waals surface area (Å²) in [5.41, 5.74) is 1.59. The van der Waals surface area contributed by atoms with E-state index in [9.17, 15) is 9.59 Å². The van der Waals surface area contributed by atoms with Crippen molar-refractivity contribution < 1.29 is 9.59 Å². The monoisotopic (exact) mass is 452 g/mol. The lowest BCUT2D eigenvalue weighted by atomic mass is 10.2. The van der Waals surface area contributed by atoms with Crippen LogP contribution < -0.4 is 10.6 Å². The molecule has 3 aromatic rings. The van der Waals surface area contributed by atoms with Crippen molar-refractivity contribution in [3.8, 4) is 0 Å². The van der Waals surface area contributed by atoms with Crippen LogP contribution >= 0.6 is 23.2 Å². The van der Waals surface area contributed by atoms with Gasteiger partial charge in [-0.3, -0.25) is 23.6 Å². The highest BCUT2D eigenvalue weighted by atomic mass is 35.5. The van der Waals surface area contributed by atoms with Crippen molar-refractivity contribution in [2.75, 3.05) is 10.6 Å². The van der Waals surface area contributed by atoms with Crippen LogP contribution in [0.25, 0.3) is 0 Å². The molecule has 3 aromatic heterocycles. The molecule has 0 bridgehead atoms. The summed E-state index contributed by atoms with van der Waals surface area (Å²) in [6.45, 7) is 5.43. The molecule has 0 unspecified atom stereocenters. The Hall–Kier alpha value is -2.85. The third-order valence-corrected chi connectivity index (χ3v) is 5.75. The fourth-order valence-corrected chi connectivity index (χ4v) is 3.24. The second-order valence-corrected chi connectivity index (χ2v) is 7.55. The van der Waals surface area contributed by atoms with E-state index in [0.29, 0.717) is 16.5 Å². The van der Waals surface area contributed by atoms with Gasteiger partial charge in [-0.15, -0.1) is 0 Å². The van der Waals surface area contributed by atoms with Gasteiger partial charge in [-0.2, -0.15) is 15.3 Å². The number of halogens is 2. The number of hydrogen-bond donors (Lipinski definition) is 2. The van der Waals surface area contributed by atoms with E-state index in [-0.39, 0.29) is 23.2 Å². The van der Waals surface area contributed by atoms with Gasteiger partial charge in [0, 0.05) is 20.3 Å². The van der Waals surface area contributed by atoms with Crippen LogP contribution in [0, 0.1) is 13.8 Å². The Balaban J connectivity index is 1.75. The van der Waals surface area contributed by atoms with Gasteiger partial charge in [-0.1, -0.05) is 30.1 Å². The van der Waals surface area contributed by atoms with Crippen LogP contribution in [0.5, 0.6) is 0 Å². The smallest absolute Gasteiger partial charge is 0.277 e. The van der Waals surface area contributed by atoms with E-state index >= 15 is 0 Å². The molecule has 160 valence electrons. The van der Waals surface area contributed by atoms with E-state index in [0.717, 1.165) is 11.4 Å². The molecule has 0 radical (unpaired) electrons. The van der Waals surface area contributed by atoms with Gasteiger partial charge >= 0.3 is 0 Å². The van der Waals surface area contributed by atoms with Gasteiger partial charge in [0.05, 0.1) is 11.4 Å². The van der Waals surface area contributed by atoms with E-state index in [1.165, 1.54) is 10.7 Å². The van der Waals surface area contributed by atoms with Crippen LogP contribution in [-0.2, 0) is 18.9 Å². The molecule has 0 aliphatic heterocycles. The molecule has 0 aromatic carbocycles. The van der Waals surface area contributed by atoms with Gasteiger partial charge in [0.1, 0.15) is 16.1 Å². The van der Waals surface area contributed by atoms with Gasteiger partial charge in [-0.05, 0) is 26.3 Å². The van der Waals surface area contributed by atoms with Gasteiger partial charge in [0.2, 0.25) is 5.91 Å². The molecule has 0 spiro atoms. The van der Waals surface area contributed by atoms with Gasteiger partial charge in [0.25, 0.3) is 5.91 Å². The predicted octanol–water partition coefficient (Wildman–Crippen LogP) is 3.12. The summed E-state index contributed by atoms with van der Waals surface area (Å²) in [6, 6.07) is 0.873. The minimum Gasteiger partial charge on any atom is -0.306 e. The zero-order valence-corrected chi connectivity index (χ0v) is 18.7. The molecule has 0 saturated carbocycles. The lowest BCUT2D eigenvalue weighted by molar-refractivity contribution is -0.119. The molecule has 12 heteroatoms. The van der Waals surface area contributed by atoms with E-state index in [1.54, 1.807) is 43.5 Å². The van der Waals surface area contributed by atoms with Crippen molar-refractivity contribution >= 4 is 46.7 Å². The number of aryl methyl sites for hydroxylation is 2. The number of nitrogens with one attached hydrogen (secondary N) is 2. The van der Waals surface area contributed by atoms with Crippen molar-refractivity contribution in [2.24, 2.45) is 14.1 Å². The SMILES string of the molecule is CC[C@H](C(=O)Nc1nn(C)c(C)c1Cl)n1ccc(C(=O)Nc2nn(C)c(C)c2Cl)n1. The van der Waals surface area contributed by atoms with Gasteiger partial charge in [0.15, 0.2) is 17.3 Å². The summed E-state index contributed by atoms with van der Waals surface area (Å²) in [5.74, 6) is -0.282. The Morgan fingerprint density at radius 2 is 1.53 bits per heavy atom. The molecule has 0 fully saturated rings. The number of hydrogen-bond acceptors (Lipinski definition) is 5. The summed E-state index contributed by atoms with van der Waals surface area (Å²) in [6.07, 6.45) is 2.02. The molecule has 3 heterocycles. The van der Waals surface area contributed by atoms with E-state index in [4.69, 9.17) is 23.2 Å². The standard InChI is InChI=1S/C18H22Cl2N8O2/c1-6-12(18(30)22-16-14(20)10(3)27(5)25-16)28-8-7-11(23-28)17(29)21-15-13(19)9(2)26(4)24-15/h7-8,12H,6H2,1-5H3,(H,21,24,29)(H,22,25,30)/t12-/m1/s1. The first-order valence-corrected chi connectivity index (χ1v) is 9.95. The zero-order valence-electron chi connectivity index (χ0n) is 17.2. The Bertz CT molecular complexity index is 1110. The molecule has 1 atom stereocenters. The topological polar surface area (TPSA) is 112 Å². The Morgan fingerprint density at radius 1 is 1.00 bits per heavy atom. The number of nitrogens with zero attached hydrogens (tertiary/aromatic N) is 6. The number of aromatic nitrogens is 6. The van der Waals surface area contributed by atoms with Crippen molar-refractivity contribution in [1.29, 1.82) is 0 Å². The van der Waals surface area contributed by atoms with Crippen molar-refractivity contribution in [2.45, 2.75) is 33.2 Å². The summed E-state index contributed by atoms with van der Waals surface area (Å²) < 4.78 is 4.58. The second-order valence-electron chi connectivity index (χ2n) is 6.79. The lowest BCUT2D eigenvalue weighted by Crippen LogP contribution is -2.27. The number of amides is 2. The molecule has 2 N–H and O–H groups in total. The highest BCUT2D eigenvalue weighted by Gasteiger charge is 2.24. The second kappa shape index (κ2) is 8.49. The summed E-state index contributed by atoms with van der Waals surface area (Å²) in [7, 11) is 3.47. The van der Waals surface area contributed by atoms with Crippen LogP contribution in [0.15, 0.2) is 12.3 Å². The van der Waals surface area contributed by atoms with Crippen LogP contribution in [0.2, 0.25) is 10.0 Å². The third-order valence-electron chi connectivity index (χ3n) is 4.85. The highest BCUT2D eigenvalue weighted by Crippen LogP contribution is 2.26. The Kier molecular flexibility index (Phi) is 6.18. The van der Waals surface area contributed by atoms with Crippen molar-refractivity contribution in [3.63, 3.8) is 0 Å². The van der Waals surface area contributed by atoms with Crippen LogP contribution in [-0.4, -0.2) is 41.2 Å². The van der Waals surface area contributed by atoms with Crippen LogP contribution in [0.1, 0.15) is 41.3 Å².